The number of aliphatic hydroxyl groups excluding tert-OH is 1. The van der Waals surface area contributed by atoms with E-state index in [0.717, 1.165) is 50.5 Å². The van der Waals surface area contributed by atoms with Crippen molar-refractivity contribution in [3.05, 3.63) is 11.8 Å². The molecule has 0 aromatic rings. The van der Waals surface area contributed by atoms with Crippen LogP contribution in [0.3, 0.4) is 0 Å². The van der Waals surface area contributed by atoms with E-state index in [1.54, 1.807) is 11.9 Å². The molecule has 9 unspecified atom stereocenters. The zero-order valence-corrected chi connectivity index (χ0v) is 27.2. The summed E-state index contributed by atoms with van der Waals surface area (Å²) in [5, 5.41) is 25.7. The number of hydrogen-bond acceptors (Lipinski definition) is 10. The van der Waals surface area contributed by atoms with E-state index in [4.69, 9.17) is 17.3 Å². The van der Waals surface area contributed by atoms with Crippen molar-refractivity contribution in [3.63, 3.8) is 0 Å². The van der Waals surface area contributed by atoms with Crippen molar-refractivity contribution in [3.8, 4) is 0 Å². The van der Waals surface area contributed by atoms with Crippen LogP contribution in [-0.2, 0) is 19.2 Å². The Morgan fingerprint density at radius 1 is 1.20 bits per heavy atom. The molecule has 4 fully saturated rings. The van der Waals surface area contributed by atoms with E-state index in [9.17, 15) is 24.3 Å². The standard InChI is InChI=1S/C31H48ClN9O5/c1-40(14-16-6-2-4-8-20(16)32)29(45)22(10-17-12-34-21-9-5-3-7-19(17)21)37-27(43)24-11-18(42)15-41(24)30(46)23-13-35-26-25(36-23)28(44)39-31(33)38-26/h12,16,18-26,34-36,42H,2-11,13-15H2,1H3,(H,37,43)(H3,33,38,39,44)/t16?,18-,19?,20?,21?,22?,23?,24?,25?,26?/m1/s1. The van der Waals surface area contributed by atoms with Gasteiger partial charge >= 0.3 is 0 Å². The second-order valence-corrected chi connectivity index (χ2v) is 14.4. The number of carbonyl (C=O) groups excluding carboxylic acids is 4. The molecule has 0 aromatic heterocycles. The number of amides is 4. The third kappa shape index (κ3) is 6.99. The van der Waals surface area contributed by atoms with Gasteiger partial charge in [0.15, 0.2) is 5.96 Å². The molecular weight excluding hydrogens is 614 g/mol. The monoisotopic (exact) mass is 661 g/mol. The van der Waals surface area contributed by atoms with Gasteiger partial charge in [0.25, 0.3) is 0 Å². The van der Waals surface area contributed by atoms with Gasteiger partial charge < -0.3 is 31.3 Å². The normalized spacial score (nSPS) is 36.3. The molecule has 2 aliphatic carbocycles. The van der Waals surface area contributed by atoms with E-state index in [1.807, 2.05) is 6.20 Å². The highest BCUT2D eigenvalue weighted by molar-refractivity contribution is 6.20. The Kier molecular flexibility index (Phi) is 10.1. The quantitative estimate of drug-likeness (QED) is 0.157. The maximum Gasteiger partial charge on any atom is 0.247 e. The van der Waals surface area contributed by atoms with Gasteiger partial charge in [-0.1, -0.05) is 25.7 Å². The summed E-state index contributed by atoms with van der Waals surface area (Å²) in [6.07, 6.45) is 9.43. The van der Waals surface area contributed by atoms with Crippen LogP contribution < -0.4 is 32.3 Å². The smallest absolute Gasteiger partial charge is 0.247 e. The number of aliphatic hydroxyl groups is 1. The maximum absolute atomic E-state index is 14.1. The summed E-state index contributed by atoms with van der Waals surface area (Å²) in [6, 6.07) is -3.10. The zero-order chi connectivity index (χ0) is 32.5. The molecule has 8 N–H and O–H groups in total. The Bertz CT molecular complexity index is 1260. The largest absolute Gasteiger partial charge is 0.391 e. The number of hydrogen-bond donors (Lipinski definition) is 7. The summed E-state index contributed by atoms with van der Waals surface area (Å²) in [5.74, 6) is -0.974. The number of likely N-dealkylation sites (tertiary alicyclic amines) is 1. The zero-order valence-electron chi connectivity index (χ0n) is 26.4. The van der Waals surface area contributed by atoms with Crippen LogP contribution >= 0.6 is 11.6 Å². The second-order valence-electron chi connectivity index (χ2n) is 13.9. The van der Waals surface area contributed by atoms with Crippen molar-refractivity contribution < 1.29 is 24.3 Å². The Morgan fingerprint density at radius 3 is 2.76 bits per heavy atom. The van der Waals surface area contributed by atoms with Gasteiger partial charge in [0.2, 0.25) is 23.6 Å². The molecule has 0 aromatic carbocycles. The van der Waals surface area contributed by atoms with Gasteiger partial charge in [0.1, 0.15) is 30.3 Å². The second kappa shape index (κ2) is 14.0. The van der Waals surface area contributed by atoms with Crippen LogP contribution in [-0.4, -0.2) is 119 Å². The molecule has 6 rings (SSSR count). The number of likely N-dealkylation sites (N-methyl/N-ethyl adjacent to an activating group) is 1. The summed E-state index contributed by atoms with van der Waals surface area (Å²) in [4.78, 5) is 61.5. The number of fused-ring (bicyclic) bond motifs is 2. The lowest BCUT2D eigenvalue weighted by molar-refractivity contribution is -0.142. The van der Waals surface area contributed by atoms with Gasteiger partial charge in [0.05, 0.1) is 6.10 Å². The first-order chi connectivity index (χ1) is 22.1. The number of nitrogens with two attached hydrogens (primary N) is 1. The van der Waals surface area contributed by atoms with Crippen LogP contribution in [0.2, 0.25) is 0 Å². The number of carbonyl (C=O) groups is 4. The van der Waals surface area contributed by atoms with E-state index in [2.05, 4.69) is 31.6 Å². The molecule has 15 heteroatoms. The van der Waals surface area contributed by atoms with E-state index >= 15 is 0 Å². The molecular formula is C31H48ClN9O5. The number of guanidine groups is 1. The lowest BCUT2D eigenvalue weighted by atomic mass is 9.80. The molecule has 10 atom stereocenters. The van der Waals surface area contributed by atoms with E-state index < -0.39 is 54.2 Å². The summed E-state index contributed by atoms with van der Waals surface area (Å²) in [7, 11) is 1.77. The minimum atomic E-state index is -0.972. The number of nitrogens with one attached hydrogen (secondary N) is 5. The molecule has 4 heterocycles. The molecule has 2 saturated carbocycles. The molecule has 4 amide bonds. The molecule has 6 aliphatic rings. The highest BCUT2D eigenvalue weighted by Crippen LogP contribution is 2.36. The molecule has 4 aliphatic heterocycles. The summed E-state index contributed by atoms with van der Waals surface area (Å²) < 4.78 is 0. The van der Waals surface area contributed by atoms with E-state index in [0.29, 0.717) is 24.9 Å². The predicted octanol–water partition coefficient (Wildman–Crippen LogP) is -1.17. The van der Waals surface area contributed by atoms with Gasteiger partial charge in [0, 0.05) is 50.4 Å². The van der Waals surface area contributed by atoms with Crippen LogP contribution in [0.25, 0.3) is 0 Å². The average molecular weight is 662 g/mol. The lowest BCUT2D eigenvalue weighted by Gasteiger charge is -2.39. The first-order valence-electron chi connectivity index (χ1n) is 16.9. The van der Waals surface area contributed by atoms with Crippen LogP contribution in [0.15, 0.2) is 16.8 Å². The fraction of sp³-hybridized carbons (Fsp3) is 0.774. The van der Waals surface area contributed by atoms with Gasteiger partial charge in [-0.15, -0.1) is 11.6 Å². The first kappa shape index (κ1) is 33.0. The van der Waals surface area contributed by atoms with E-state index in [1.165, 1.54) is 11.3 Å². The van der Waals surface area contributed by atoms with Crippen molar-refractivity contribution >= 4 is 41.2 Å². The average Bonchev–Trinajstić information content (AvgIpc) is 3.64. The number of piperazine rings is 1. The molecule has 0 spiro atoms. The SMILES string of the molecule is CN(CC1CCCCC1Cl)C(=O)C(CC1=CNC2CCCCC12)NC(=O)C1C[C@@H](O)CN1C(=O)C1CNC2N=C(N)NC(=O)C2N1. The molecule has 0 bridgehead atoms. The van der Waals surface area contributed by atoms with Crippen LogP contribution in [0.5, 0.6) is 0 Å². The van der Waals surface area contributed by atoms with Crippen LogP contribution in [0.4, 0.5) is 0 Å². The van der Waals surface area contributed by atoms with Crippen molar-refractivity contribution in [1.82, 2.24) is 36.4 Å². The fourth-order valence-corrected chi connectivity index (χ4v) is 8.56. The number of rotatable bonds is 8. The number of β-amino-alcohol motifs (C(OH)–C–C–N with tert-alkyl or cyclic N) is 1. The topological polar surface area (TPSA) is 194 Å². The summed E-state index contributed by atoms with van der Waals surface area (Å²) in [6.45, 7) is 0.640. The van der Waals surface area contributed by atoms with E-state index in [-0.39, 0.29) is 42.7 Å². The van der Waals surface area contributed by atoms with Crippen molar-refractivity contribution in [2.24, 2.45) is 22.6 Å². The van der Waals surface area contributed by atoms with Crippen molar-refractivity contribution in [2.45, 2.75) is 112 Å². The summed E-state index contributed by atoms with van der Waals surface area (Å²) >= 11 is 6.64. The molecule has 254 valence electrons. The van der Waals surface area contributed by atoms with Crippen molar-refractivity contribution in [1.29, 1.82) is 0 Å². The molecule has 2 saturated heterocycles. The number of halogens is 1. The van der Waals surface area contributed by atoms with Gasteiger partial charge in [-0.05, 0) is 49.8 Å². The van der Waals surface area contributed by atoms with Gasteiger partial charge in [-0.2, -0.15) is 0 Å². The highest BCUT2D eigenvalue weighted by atomic mass is 35.5. The molecule has 14 nitrogen and oxygen atoms in total. The Balaban J connectivity index is 1.16. The first-order valence-corrected chi connectivity index (χ1v) is 17.3. The summed E-state index contributed by atoms with van der Waals surface area (Å²) in [5.41, 5.74) is 6.80. The number of nitrogens with zero attached hydrogens (tertiary/aromatic N) is 3. The van der Waals surface area contributed by atoms with Crippen molar-refractivity contribution in [2.75, 3.05) is 26.7 Å². The third-order valence-corrected chi connectivity index (χ3v) is 11.3. The van der Waals surface area contributed by atoms with Crippen LogP contribution in [0, 0.1) is 11.8 Å². The Morgan fingerprint density at radius 2 is 1.96 bits per heavy atom. The third-order valence-electron chi connectivity index (χ3n) is 10.7. The molecule has 46 heavy (non-hydrogen) atoms. The Hall–Kier alpha value is -2.94. The van der Waals surface area contributed by atoms with Crippen LogP contribution in [0.1, 0.15) is 64.2 Å². The predicted molar refractivity (Wildman–Crippen MR) is 171 cm³/mol. The fourth-order valence-electron chi connectivity index (χ4n) is 8.20. The highest BCUT2D eigenvalue weighted by Gasteiger charge is 2.46. The minimum Gasteiger partial charge on any atom is -0.391 e. The van der Waals surface area contributed by atoms with Gasteiger partial charge in [-0.25, -0.2) is 4.99 Å². The Labute approximate surface area is 274 Å². The lowest BCUT2D eigenvalue weighted by Crippen LogP contribution is -2.71. The van der Waals surface area contributed by atoms with Gasteiger partial charge in [-0.3, -0.25) is 35.1 Å². The number of alkyl halides is 1. The molecule has 0 radical (unpaired) electrons. The minimum absolute atomic E-state index is 0.00356. The number of aliphatic imine (C=N–C) groups is 1. The maximum atomic E-state index is 14.1.